The molecule has 2 nitrogen and oxygen atoms in total. The lowest BCUT2D eigenvalue weighted by Crippen LogP contribution is -2.30. The molecule has 2 unspecified atom stereocenters. The Morgan fingerprint density at radius 2 is 2.12 bits per heavy atom. The van der Waals surface area contributed by atoms with Gasteiger partial charge in [-0.15, -0.1) is 0 Å². The summed E-state index contributed by atoms with van der Waals surface area (Å²) in [5.41, 5.74) is 0.807. The van der Waals surface area contributed by atoms with Crippen molar-refractivity contribution in [3.63, 3.8) is 0 Å². The first kappa shape index (κ1) is 14.4. The molecule has 0 aromatic heterocycles. The van der Waals surface area contributed by atoms with Crippen LogP contribution in [0.25, 0.3) is 0 Å². The molecule has 0 saturated heterocycles. The van der Waals surface area contributed by atoms with Gasteiger partial charge in [0.1, 0.15) is 5.82 Å². The van der Waals surface area contributed by atoms with Gasteiger partial charge in [0.25, 0.3) is 0 Å². The largest absolute Gasteiger partial charge is 0.390 e. The van der Waals surface area contributed by atoms with E-state index in [1.54, 1.807) is 12.1 Å². The molecule has 0 heterocycles. The third-order valence-corrected chi connectivity index (χ3v) is 2.93. The minimum Gasteiger partial charge on any atom is -0.390 e. The quantitative estimate of drug-likeness (QED) is 0.851. The molecule has 0 aliphatic rings. The first-order valence-corrected chi connectivity index (χ1v) is 6.19. The lowest BCUT2D eigenvalue weighted by atomic mass is 10.0. The van der Waals surface area contributed by atoms with Crippen LogP contribution in [0.3, 0.4) is 0 Å². The van der Waals surface area contributed by atoms with Crippen molar-refractivity contribution in [3.05, 3.63) is 34.6 Å². The van der Waals surface area contributed by atoms with Gasteiger partial charge < -0.3 is 9.84 Å². The second-order valence-electron chi connectivity index (χ2n) is 3.92. The van der Waals surface area contributed by atoms with Gasteiger partial charge in [0, 0.05) is 13.0 Å². The Morgan fingerprint density at radius 1 is 1.41 bits per heavy atom. The number of hydrogen-bond donors (Lipinski definition) is 1. The SMILES string of the molecule is CCOC(CC)C(O)Cc1ccc(F)c(Cl)c1. The minimum atomic E-state index is -0.596. The van der Waals surface area contributed by atoms with Crippen molar-refractivity contribution in [2.45, 2.75) is 38.9 Å². The zero-order valence-electron chi connectivity index (χ0n) is 10.1. The van der Waals surface area contributed by atoms with E-state index >= 15 is 0 Å². The van der Waals surface area contributed by atoms with Crippen LogP contribution in [-0.2, 0) is 11.2 Å². The van der Waals surface area contributed by atoms with Crippen LogP contribution in [0.4, 0.5) is 4.39 Å². The maximum atomic E-state index is 13.0. The smallest absolute Gasteiger partial charge is 0.141 e. The second-order valence-corrected chi connectivity index (χ2v) is 4.33. The van der Waals surface area contributed by atoms with Crippen molar-refractivity contribution in [2.75, 3.05) is 6.61 Å². The van der Waals surface area contributed by atoms with E-state index in [-0.39, 0.29) is 11.1 Å². The minimum absolute atomic E-state index is 0.0826. The van der Waals surface area contributed by atoms with Crippen LogP contribution in [0.15, 0.2) is 18.2 Å². The molecule has 1 rings (SSSR count). The molecule has 0 aliphatic heterocycles. The summed E-state index contributed by atoms with van der Waals surface area (Å²) in [6, 6.07) is 4.48. The number of ether oxygens (including phenoxy) is 1. The van der Waals surface area contributed by atoms with Gasteiger partial charge in [-0.05, 0) is 31.0 Å². The molecule has 0 amide bonds. The predicted molar refractivity (Wildman–Crippen MR) is 66.8 cm³/mol. The topological polar surface area (TPSA) is 29.5 Å². The third-order valence-electron chi connectivity index (χ3n) is 2.64. The van der Waals surface area contributed by atoms with Gasteiger partial charge in [0.05, 0.1) is 17.2 Å². The third kappa shape index (κ3) is 4.26. The lowest BCUT2D eigenvalue weighted by molar-refractivity contribution is -0.0334. The number of aliphatic hydroxyl groups is 1. The van der Waals surface area contributed by atoms with Crippen LogP contribution < -0.4 is 0 Å². The maximum absolute atomic E-state index is 13.0. The Bertz CT molecular complexity index is 357. The van der Waals surface area contributed by atoms with E-state index in [1.807, 2.05) is 13.8 Å². The van der Waals surface area contributed by atoms with E-state index in [0.717, 1.165) is 12.0 Å². The molecule has 0 bridgehead atoms. The summed E-state index contributed by atoms with van der Waals surface area (Å²) in [6.45, 7) is 4.42. The van der Waals surface area contributed by atoms with Crippen LogP contribution in [0, 0.1) is 5.82 Å². The van der Waals surface area contributed by atoms with Gasteiger partial charge in [-0.25, -0.2) is 4.39 Å². The highest BCUT2D eigenvalue weighted by Gasteiger charge is 2.18. The molecule has 96 valence electrons. The van der Waals surface area contributed by atoms with Crippen molar-refractivity contribution in [1.82, 2.24) is 0 Å². The molecule has 1 N–H and O–H groups in total. The maximum Gasteiger partial charge on any atom is 0.141 e. The summed E-state index contributed by atoms with van der Waals surface area (Å²) < 4.78 is 18.4. The highest BCUT2D eigenvalue weighted by atomic mass is 35.5. The average Bonchev–Trinajstić information content (AvgIpc) is 2.30. The molecule has 0 fully saturated rings. The van der Waals surface area contributed by atoms with Gasteiger partial charge >= 0.3 is 0 Å². The van der Waals surface area contributed by atoms with E-state index in [0.29, 0.717) is 13.0 Å². The zero-order valence-corrected chi connectivity index (χ0v) is 10.9. The number of hydrogen-bond acceptors (Lipinski definition) is 2. The van der Waals surface area contributed by atoms with Gasteiger partial charge in [0.2, 0.25) is 0 Å². The van der Waals surface area contributed by atoms with Crippen molar-refractivity contribution >= 4 is 11.6 Å². The standard InChI is InChI=1S/C13H18ClFO2/c1-3-13(17-4-2)12(16)8-9-5-6-11(15)10(14)7-9/h5-7,12-13,16H,3-4,8H2,1-2H3. The summed E-state index contributed by atoms with van der Waals surface area (Å²) >= 11 is 5.68. The molecule has 4 heteroatoms. The van der Waals surface area contributed by atoms with Crippen LogP contribution >= 0.6 is 11.6 Å². The van der Waals surface area contributed by atoms with Crippen LogP contribution in [-0.4, -0.2) is 23.9 Å². The van der Waals surface area contributed by atoms with E-state index in [9.17, 15) is 9.50 Å². The van der Waals surface area contributed by atoms with E-state index in [4.69, 9.17) is 16.3 Å². The first-order valence-electron chi connectivity index (χ1n) is 5.82. The zero-order chi connectivity index (χ0) is 12.8. The summed E-state index contributed by atoms with van der Waals surface area (Å²) in [7, 11) is 0. The number of rotatable bonds is 6. The molecule has 0 aliphatic carbocycles. The summed E-state index contributed by atoms with van der Waals surface area (Å²) in [5.74, 6) is -0.443. The van der Waals surface area contributed by atoms with Crippen molar-refractivity contribution in [1.29, 1.82) is 0 Å². The second kappa shape index (κ2) is 6.94. The monoisotopic (exact) mass is 260 g/mol. The molecular formula is C13H18ClFO2. The van der Waals surface area contributed by atoms with Gasteiger partial charge in [-0.3, -0.25) is 0 Å². The van der Waals surface area contributed by atoms with Crippen LogP contribution in [0.5, 0.6) is 0 Å². The molecule has 0 saturated carbocycles. The number of benzene rings is 1. The Kier molecular flexibility index (Phi) is 5.89. The summed E-state index contributed by atoms with van der Waals surface area (Å²) in [6.07, 6.45) is 0.368. The van der Waals surface area contributed by atoms with E-state index in [1.165, 1.54) is 6.07 Å². The fourth-order valence-corrected chi connectivity index (χ4v) is 1.96. The predicted octanol–water partition coefficient (Wildman–Crippen LogP) is 3.20. The van der Waals surface area contributed by atoms with Gasteiger partial charge in [0.15, 0.2) is 0 Å². The number of halogens is 2. The molecule has 2 atom stereocenters. The number of aliphatic hydroxyl groups excluding tert-OH is 1. The normalized spacial score (nSPS) is 14.6. The van der Waals surface area contributed by atoms with Gasteiger partial charge in [-0.1, -0.05) is 24.6 Å². The highest BCUT2D eigenvalue weighted by Crippen LogP contribution is 2.18. The first-order chi connectivity index (χ1) is 8.08. The van der Waals surface area contributed by atoms with Gasteiger partial charge in [-0.2, -0.15) is 0 Å². The van der Waals surface area contributed by atoms with E-state index in [2.05, 4.69) is 0 Å². The molecule has 17 heavy (non-hydrogen) atoms. The van der Waals surface area contributed by atoms with Crippen molar-refractivity contribution < 1.29 is 14.2 Å². The fourth-order valence-electron chi connectivity index (χ4n) is 1.75. The molecule has 0 radical (unpaired) electrons. The summed E-state index contributed by atoms with van der Waals surface area (Å²) in [4.78, 5) is 0. The van der Waals surface area contributed by atoms with Crippen LogP contribution in [0.2, 0.25) is 5.02 Å². The Morgan fingerprint density at radius 3 is 2.65 bits per heavy atom. The Hall–Kier alpha value is -0.640. The molecule has 1 aromatic carbocycles. The Balaban J connectivity index is 2.66. The fraction of sp³-hybridized carbons (Fsp3) is 0.538. The highest BCUT2D eigenvalue weighted by molar-refractivity contribution is 6.30. The molecule has 0 spiro atoms. The van der Waals surface area contributed by atoms with E-state index < -0.39 is 11.9 Å². The lowest BCUT2D eigenvalue weighted by Gasteiger charge is -2.21. The Labute approximate surface area is 106 Å². The van der Waals surface area contributed by atoms with Crippen molar-refractivity contribution in [2.24, 2.45) is 0 Å². The van der Waals surface area contributed by atoms with Crippen LogP contribution in [0.1, 0.15) is 25.8 Å². The molecular weight excluding hydrogens is 243 g/mol. The summed E-state index contributed by atoms with van der Waals surface area (Å²) in [5, 5.41) is 10.1. The molecule has 1 aromatic rings. The van der Waals surface area contributed by atoms with Crippen molar-refractivity contribution in [3.8, 4) is 0 Å². The average molecular weight is 261 g/mol.